The van der Waals surface area contributed by atoms with Crippen molar-refractivity contribution in [3.63, 3.8) is 0 Å². The number of hydrogen-bond donors (Lipinski definition) is 12. The fourth-order valence-corrected chi connectivity index (χ4v) is 6.54. The second-order valence-corrected chi connectivity index (χ2v) is 11.3. The van der Waals surface area contributed by atoms with Crippen LogP contribution in [0.4, 0.5) is 0 Å². The van der Waals surface area contributed by atoms with Gasteiger partial charge in [0.05, 0.1) is 5.41 Å². The highest BCUT2D eigenvalue weighted by Crippen LogP contribution is 2.51. The summed E-state index contributed by atoms with van der Waals surface area (Å²) in [6.45, 7) is 0. The van der Waals surface area contributed by atoms with Gasteiger partial charge in [-0.25, -0.2) is 0 Å². The molecule has 0 amide bonds. The zero-order chi connectivity index (χ0) is 30.2. The summed E-state index contributed by atoms with van der Waals surface area (Å²) >= 11 is 18.9. The molecule has 0 fully saturated rings. The summed E-state index contributed by atoms with van der Waals surface area (Å²) in [5.74, 6) is 0. The highest BCUT2D eigenvalue weighted by atomic mass is 32.1. The summed E-state index contributed by atoms with van der Waals surface area (Å²) in [5.41, 5.74) is 1.28. The lowest BCUT2D eigenvalue weighted by Crippen LogP contribution is -2.38. The molecule has 0 unspecified atom stereocenters. The molecular formula is C25H24B4O8S4. The molecule has 0 bridgehead atoms. The standard InChI is InChI=1S/C25H24B4O8S4/c30-26(31)13-1-5-17(21(38)9-13)25(18-6-2-14(27(32)33)10-22(18)39,19-7-3-15(28(34)35)11-23(19)40)20-8-4-16(29(36)37)12-24(20)41/h1-12,30-41H. The Kier molecular flexibility index (Phi) is 10.1. The summed E-state index contributed by atoms with van der Waals surface area (Å²) in [6.07, 6.45) is 0. The van der Waals surface area contributed by atoms with Crippen LogP contribution < -0.4 is 21.9 Å². The minimum Gasteiger partial charge on any atom is -0.423 e. The second-order valence-electron chi connectivity index (χ2n) is 9.35. The average Bonchev–Trinajstić information content (AvgIpc) is 2.91. The minimum absolute atomic E-state index is 0.173. The van der Waals surface area contributed by atoms with Gasteiger partial charge in [0.2, 0.25) is 0 Å². The topological polar surface area (TPSA) is 162 Å². The molecular weight excluding hydrogens is 600 g/mol. The van der Waals surface area contributed by atoms with Gasteiger partial charge in [-0.3, -0.25) is 0 Å². The Hall–Kier alpha value is -1.78. The van der Waals surface area contributed by atoms with Gasteiger partial charge in [0.1, 0.15) is 0 Å². The Labute approximate surface area is 260 Å². The van der Waals surface area contributed by atoms with Crippen LogP contribution in [0.5, 0.6) is 0 Å². The molecule has 0 saturated carbocycles. The van der Waals surface area contributed by atoms with Crippen molar-refractivity contribution in [1.82, 2.24) is 0 Å². The third-order valence-electron chi connectivity index (χ3n) is 6.90. The van der Waals surface area contributed by atoms with Crippen LogP contribution in [-0.2, 0) is 5.41 Å². The quantitative estimate of drug-likeness (QED) is 0.0607. The fraction of sp³-hybridized carbons (Fsp3) is 0.0400. The molecule has 0 aliphatic carbocycles. The van der Waals surface area contributed by atoms with Crippen molar-refractivity contribution in [2.75, 3.05) is 0 Å². The SMILES string of the molecule is OB(O)c1ccc(C(c2ccc(B(O)O)cc2S)(c2ccc(B(O)O)cc2S)c2ccc(B(O)O)cc2S)c(S)c1. The Balaban J connectivity index is 2.24. The van der Waals surface area contributed by atoms with E-state index in [1.54, 1.807) is 24.3 Å². The highest BCUT2D eigenvalue weighted by molar-refractivity contribution is 7.81. The first kappa shape index (κ1) is 32.1. The third kappa shape index (κ3) is 6.16. The predicted octanol–water partition coefficient (Wildman–Crippen LogP) is -2.06. The summed E-state index contributed by atoms with van der Waals surface area (Å²) in [6, 6.07) is 18.5. The maximum atomic E-state index is 9.82. The number of thiol groups is 4. The summed E-state index contributed by atoms with van der Waals surface area (Å²) < 4.78 is 0. The van der Waals surface area contributed by atoms with E-state index >= 15 is 0 Å². The fourth-order valence-electron chi connectivity index (χ4n) is 4.98. The summed E-state index contributed by atoms with van der Waals surface area (Å²) in [7, 11) is -7.09. The van der Waals surface area contributed by atoms with Crippen LogP contribution in [-0.4, -0.2) is 68.7 Å². The molecule has 4 rings (SSSR count). The van der Waals surface area contributed by atoms with Crippen molar-refractivity contribution in [3.8, 4) is 0 Å². The van der Waals surface area contributed by atoms with Crippen LogP contribution in [0.2, 0.25) is 0 Å². The second kappa shape index (κ2) is 12.8. The predicted molar refractivity (Wildman–Crippen MR) is 173 cm³/mol. The van der Waals surface area contributed by atoms with Crippen molar-refractivity contribution in [1.29, 1.82) is 0 Å². The first-order valence-electron chi connectivity index (χ1n) is 12.1. The molecule has 0 saturated heterocycles. The van der Waals surface area contributed by atoms with E-state index in [0.717, 1.165) is 0 Å². The summed E-state index contributed by atoms with van der Waals surface area (Å²) in [5, 5.41) is 78.5. The number of rotatable bonds is 8. The van der Waals surface area contributed by atoms with Crippen molar-refractivity contribution in [3.05, 3.63) is 95.1 Å². The first-order valence-corrected chi connectivity index (χ1v) is 13.9. The molecule has 4 aromatic rings. The molecule has 208 valence electrons. The van der Waals surface area contributed by atoms with Crippen molar-refractivity contribution in [2.24, 2.45) is 0 Å². The molecule has 0 heterocycles. The normalized spacial score (nSPS) is 11.4. The maximum Gasteiger partial charge on any atom is 0.488 e. The van der Waals surface area contributed by atoms with E-state index in [9.17, 15) is 40.2 Å². The molecule has 16 heteroatoms. The van der Waals surface area contributed by atoms with Crippen LogP contribution in [0.25, 0.3) is 0 Å². The molecule has 4 aromatic carbocycles. The molecule has 0 spiro atoms. The van der Waals surface area contributed by atoms with E-state index < -0.39 is 33.9 Å². The van der Waals surface area contributed by atoms with E-state index in [-0.39, 0.29) is 21.9 Å². The van der Waals surface area contributed by atoms with Gasteiger partial charge in [0.15, 0.2) is 0 Å². The minimum atomic E-state index is -1.77. The van der Waals surface area contributed by atoms with Crippen molar-refractivity contribution in [2.45, 2.75) is 25.0 Å². The van der Waals surface area contributed by atoms with Gasteiger partial charge in [0, 0.05) is 19.6 Å². The third-order valence-corrected chi connectivity index (χ3v) is 8.38. The van der Waals surface area contributed by atoms with Crippen LogP contribution in [0.1, 0.15) is 22.3 Å². The maximum absolute atomic E-state index is 9.82. The van der Waals surface area contributed by atoms with E-state index in [0.29, 0.717) is 41.8 Å². The Morgan fingerprint density at radius 3 is 0.707 bits per heavy atom. The van der Waals surface area contributed by atoms with Crippen LogP contribution in [0.15, 0.2) is 92.4 Å². The monoisotopic (exact) mass is 624 g/mol. The zero-order valence-electron chi connectivity index (χ0n) is 21.1. The number of hydrogen-bond acceptors (Lipinski definition) is 12. The molecule has 0 radical (unpaired) electrons. The van der Waals surface area contributed by atoms with E-state index in [4.69, 9.17) is 50.5 Å². The lowest BCUT2D eigenvalue weighted by atomic mass is 9.62. The van der Waals surface area contributed by atoms with Gasteiger partial charge in [-0.1, -0.05) is 48.5 Å². The molecule has 8 N–H and O–H groups in total. The van der Waals surface area contributed by atoms with Crippen molar-refractivity contribution >= 4 is 101 Å². The average molecular weight is 624 g/mol. The van der Waals surface area contributed by atoms with Gasteiger partial charge >= 0.3 is 28.5 Å². The number of benzene rings is 4. The van der Waals surface area contributed by atoms with Crippen molar-refractivity contribution < 1.29 is 40.2 Å². The zero-order valence-corrected chi connectivity index (χ0v) is 24.7. The largest absolute Gasteiger partial charge is 0.488 e. The molecule has 0 aromatic heterocycles. The van der Waals surface area contributed by atoms with Gasteiger partial charge in [-0.2, -0.15) is 0 Å². The van der Waals surface area contributed by atoms with Crippen LogP contribution in [0.3, 0.4) is 0 Å². The van der Waals surface area contributed by atoms with E-state index in [1.807, 2.05) is 0 Å². The lowest BCUT2D eigenvalue weighted by molar-refractivity contribution is 0.424. The Morgan fingerprint density at radius 2 is 0.561 bits per heavy atom. The van der Waals surface area contributed by atoms with Gasteiger partial charge < -0.3 is 40.2 Å². The van der Waals surface area contributed by atoms with E-state index in [1.165, 1.54) is 48.5 Å². The Morgan fingerprint density at radius 1 is 0.366 bits per heavy atom. The van der Waals surface area contributed by atoms with Crippen LogP contribution >= 0.6 is 50.5 Å². The molecule has 0 aliphatic rings. The highest BCUT2D eigenvalue weighted by Gasteiger charge is 2.44. The lowest BCUT2D eigenvalue weighted by Gasteiger charge is -2.40. The molecule has 41 heavy (non-hydrogen) atoms. The van der Waals surface area contributed by atoms with Gasteiger partial charge in [-0.05, 0) is 68.4 Å². The van der Waals surface area contributed by atoms with Gasteiger partial charge in [0.25, 0.3) is 0 Å². The first-order chi connectivity index (χ1) is 19.3. The van der Waals surface area contributed by atoms with E-state index in [2.05, 4.69) is 0 Å². The molecule has 8 nitrogen and oxygen atoms in total. The molecule has 0 atom stereocenters. The van der Waals surface area contributed by atoms with Crippen LogP contribution in [0, 0.1) is 0 Å². The molecule has 0 aliphatic heterocycles. The Bertz CT molecular complexity index is 1350. The van der Waals surface area contributed by atoms with Gasteiger partial charge in [-0.15, -0.1) is 50.5 Å². The summed E-state index contributed by atoms with van der Waals surface area (Å²) in [4.78, 5) is 1.31. The smallest absolute Gasteiger partial charge is 0.423 e.